The maximum atomic E-state index is 12.7. The molecule has 5 nitrogen and oxygen atoms in total. The molecule has 2 aromatic rings. The Balaban J connectivity index is 1.46. The van der Waals surface area contributed by atoms with Crippen LogP contribution in [0.25, 0.3) is 0 Å². The van der Waals surface area contributed by atoms with Gasteiger partial charge in [0.05, 0.1) is 10.0 Å². The highest BCUT2D eigenvalue weighted by molar-refractivity contribution is 6.42. The summed E-state index contributed by atoms with van der Waals surface area (Å²) in [6, 6.07) is 11.0. The summed E-state index contributed by atoms with van der Waals surface area (Å²) >= 11 is 12.0. The minimum Gasteiger partial charge on any atom is -0.368 e. The Hall–Kier alpha value is -2.24. The first-order chi connectivity index (χ1) is 13.0. The van der Waals surface area contributed by atoms with Crippen molar-refractivity contribution in [1.82, 2.24) is 4.90 Å². The van der Waals surface area contributed by atoms with Crippen LogP contribution in [0, 0.1) is 0 Å². The van der Waals surface area contributed by atoms with Crippen molar-refractivity contribution in [3.8, 4) is 0 Å². The van der Waals surface area contributed by atoms with Crippen molar-refractivity contribution in [3.05, 3.63) is 57.6 Å². The molecule has 140 valence electrons. The molecule has 2 amide bonds. The molecule has 0 unspecified atom stereocenters. The van der Waals surface area contributed by atoms with Crippen LogP contribution >= 0.6 is 23.2 Å². The van der Waals surface area contributed by atoms with Crippen molar-refractivity contribution >= 4 is 46.4 Å². The van der Waals surface area contributed by atoms with Gasteiger partial charge in [-0.1, -0.05) is 29.3 Å². The highest BCUT2D eigenvalue weighted by Crippen LogP contribution is 2.32. The standard InChI is InChI=1S/C20H19Cl2N3O2/c21-15-6-4-13(12-16(15)22)20(27)25-10-8-24(9-11-25)18-3-1-2-17-14(18)5-7-19(26)23-17/h1-4,6,12H,5,7-11H2,(H,23,26). The van der Waals surface area contributed by atoms with Crippen LogP contribution in [-0.2, 0) is 11.2 Å². The molecule has 0 aliphatic carbocycles. The second-order valence-corrected chi connectivity index (χ2v) is 7.57. The molecule has 0 bridgehead atoms. The normalized spacial score (nSPS) is 16.7. The Bertz CT molecular complexity index is 908. The van der Waals surface area contributed by atoms with Gasteiger partial charge in [-0.05, 0) is 42.3 Å². The molecular weight excluding hydrogens is 385 g/mol. The summed E-state index contributed by atoms with van der Waals surface area (Å²) in [6.45, 7) is 2.76. The summed E-state index contributed by atoms with van der Waals surface area (Å²) in [7, 11) is 0. The van der Waals surface area contributed by atoms with Gasteiger partial charge in [0.1, 0.15) is 0 Å². The summed E-state index contributed by atoms with van der Waals surface area (Å²) in [5.74, 6) is 0.0345. The van der Waals surface area contributed by atoms with Crippen LogP contribution in [0.2, 0.25) is 10.0 Å². The lowest BCUT2D eigenvalue weighted by Crippen LogP contribution is -2.49. The lowest BCUT2D eigenvalue weighted by Gasteiger charge is -2.38. The lowest BCUT2D eigenvalue weighted by molar-refractivity contribution is -0.116. The van der Waals surface area contributed by atoms with E-state index in [1.54, 1.807) is 18.2 Å². The van der Waals surface area contributed by atoms with Crippen molar-refractivity contribution in [2.75, 3.05) is 36.4 Å². The van der Waals surface area contributed by atoms with Crippen LogP contribution in [0.15, 0.2) is 36.4 Å². The number of benzene rings is 2. The van der Waals surface area contributed by atoms with E-state index in [0.29, 0.717) is 35.1 Å². The number of rotatable bonds is 2. The van der Waals surface area contributed by atoms with Gasteiger partial charge in [-0.3, -0.25) is 9.59 Å². The van der Waals surface area contributed by atoms with Crippen LogP contribution in [0.4, 0.5) is 11.4 Å². The summed E-state index contributed by atoms with van der Waals surface area (Å²) in [4.78, 5) is 28.5. The maximum absolute atomic E-state index is 12.7. The number of carbonyl (C=O) groups excluding carboxylic acids is 2. The van der Waals surface area contributed by atoms with Gasteiger partial charge in [0.25, 0.3) is 5.91 Å². The molecule has 2 heterocycles. The molecule has 7 heteroatoms. The molecule has 2 aliphatic heterocycles. The number of amides is 2. The average molecular weight is 404 g/mol. The lowest BCUT2D eigenvalue weighted by atomic mass is 10.00. The zero-order valence-electron chi connectivity index (χ0n) is 14.7. The highest BCUT2D eigenvalue weighted by Gasteiger charge is 2.26. The van der Waals surface area contributed by atoms with E-state index in [2.05, 4.69) is 16.3 Å². The third-order valence-corrected chi connectivity index (χ3v) is 5.84. The van der Waals surface area contributed by atoms with Crippen LogP contribution < -0.4 is 10.2 Å². The van der Waals surface area contributed by atoms with Gasteiger partial charge in [-0.2, -0.15) is 0 Å². The number of hydrogen-bond donors (Lipinski definition) is 1. The molecule has 0 atom stereocenters. The Labute approximate surface area is 167 Å². The van der Waals surface area contributed by atoms with Gasteiger partial charge in [0, 0.05) is 49.5 Å². The second kappa shape index (κ2) is 7.41. The zero-order valence-corrected chi connectivity index (χ0v) is 16.2. The van der Waals surface area contributed by atoms with Crippen molar-refractivity contribution in [2.24, 2.45) is 0 Å². The van der Waals surface area contributed by atoms with Gasteiger partial charge in [-0.15, -0.1) is 0 Å². The number of nitrogens with one attached hydrogen (secondary N) is 1. The summed E-state index contributed by atoms with van der Waals surface area (Å²) in [6.07, 6.45) is 1.26. The van der Waals surface area contributed by atoms with Crippen LogP contribution in [0.5, 0.6) is 0 Å². The van der Waals surface area contributed by atoms with Crippen molar-refractivity contribution < 1.29 is 9.59 Å². The molecule has 0 aromatic heterocycles. The van der Waals surface area contributed by atoms with Crippen LogP contribution in [-0.4, -0.2) is 42.9 Å². The molecule has 0 saturated carbocycles. The van der Waals surface area contributed by atoms with Gasteiger partial charge in [0.2, 0.25) is 5.91 Å². The van der Waals surface area contributed by atoms with Crippen molar-refractivity contribution in [3.63, 3.8) is 0 Å². The first-order valence-electron chi connectivity index (χ1n) is 8.94. The fourth-order valence-corrected chi connectivity index (χ4v) is 3.96. The van der Waals surface area contributed by atoms with Gasteiger partial charge in [-0.25, -0.2) is 0 Å². The first kappa shape index (κ1) is 18.1. The predicted molar refractivity (Wildman–Crippen MR) is 108 cm³/mol. The van der Waals surface area contributed by atoms with E-state index in [1.165, 1.54) is 5.56 Å². The van der Waals surface area contributed by atoms with E-state index in [4.69, 9.17) is 23.2 Å². The summed E-state index contributed by atoms with van der Waals surface area (Å²) in [5.41, 5.74) is 3.78. The molecule has 1 N–H and O–H groups in total. The minimum atomic E-state index is -0.0319. The van der Waals surface area contributed by atoms with Crippen molar-refractivity contribution in [2.45, 2.75) is 12.8 Å². The molecule has 1 saturated heterocycles. The Morgan fingerprint density at radius 2 is 1.74 bits per heavy atom. The molecule has 4 rings (SSSR count). The van der Waals surface area contributed by atoms with Crippen LogP contribution in [0.1, 0.15) is 22.3 Å². The van der Waals surface area contributed by atoms with Gasteiger partial charge < -0.3 is 15.1 Å². The second-order valence-electron chi connectivity index (χ2n) is 6.76. The largest absolute Gasteiger partial charge is 0.368 e. The first-order valence-corrected chi connectivity index (χ1v) is 9.69. The van der Waals surface area contributed by atoms with E-state index in [1.807, 2.05) is 17.0 Å². The number of piperazine rings is 1. The van der Waals surface area contributed by atoms with Gasteiger partial charge >= 0.3 is 0 Å². The smallest absolute Gasteiger partial charge is 0.254 e. The number of fused-ring (bicyclic) bond motifs is 1. The van der Waals surface area contributed by atoms with Crippen LogP contribution in [0.3, 0.4) is 0 Å². The maximum Gasteiger partial charge on any atom is 0.254 e. The van der Waals surface area contributed by atoms with E-state index in [-0.39, 0.29) is 11.8 Å². The molecule has 2 aliphatic rings. The molecule has 2 aromatic carbocycles. The average Bonchev–Trinajstić information content (AvgIpc) is 2.69. The highest BCUT2D eigenvalue weighted by atomic mass is 35.5. The monoisotopic (exact) mass is 403 g/mol. The Morgan fingerprint density at radius 3 is 2.48 bits per heavy atom. The van der Waals surface area contributed by atoms with E-state index in [0.717, 1.165) is 30.9 Å². The number of nitrogens with zero attached hydrogens (tertiary/aromatic N) is 2. The topological polar surface area (TPSA) is 52.7 Å². The third-order valence-electron chi connectivity index (χ3n) is 5.10. The molecular formula is C20H19Cl2N3O2. The molecule has 27 heavy (non-hydrogen) atoms. The van der Waals surface area contributed by atoms with E-state index >= 15 is 0 Å². The fourth-order valence-electron chi connectivity index (χ4n) is 3.66. The number of anilines is 2. The number of hydrogen-bond acceptors (Lipinski definition) is 3. The molecule has 0 radical (unpaired) electrons. The van der Waals surface area contributed by atoms with Gasteiger partial charge in [0.15, 0.2) is 0 Å². The molecule has 1 fully saturated rings. The van der Waals surface area contributed by atoms with E-state index in [9.17, 15) is 9.59 Å². The fraction of sp³-hybridized carbons (Fsp3) is 0.300. The Morgan fingerprint density at radius 1 is 0.963 bits per heavy atom. The minimum absolute atomic E-state index is 0.0319. The quantitative estimate of drug-likeness (QED) is 0.828. The number of halogens is 2. The number of carbonyl (C=O) groups is 2. The predicted octanol–water partition coefficient (Wildman–Crippen LogP) is 3.84. The summed E-state index contributed by atoms with van der Waals surface area (Å²) in [5, 5.41) is 3.78. The third kappa shape index (κ3) is 3.62. The Kier molecular flexibility index (Phi) is 4.98. The molecule has 0 spiro atoms. The van der Waals surface area contributed by atoms with E-state index < -0.39 is 0 Å². The SMILES string of the molecule is O=C1CCc2c(cccc2N2CCN(C(=O)c3ccc(Cl)c(Cl)c3)CC2)N1. The van der Waals surface area contributed by atoms with Crippen molar-refractivity contribution in [1.29, 1.82) is 0 Å². The summed E-state index contributed by atoms with van der Waals surface area (Å²) < 4.78 is 0. The zero-order chi connectivity index (χ0) is 19.0.